The summed E-state index contributed by atoms with van der Waals surface area (Å²) in [4.78, 5) is 0. The van der Waals surface area contributed by atoms with Crippen LogP contribution >= 0.6 is 0 Å². The Balaban J connectivity index is 1.76. The molecule has 0 bridgehead atoms. The smallest absolute Gasteiger partial charge is 0.119 e. The molecule has 1 aliphatic carbocycles. The maximum Gasteiger partial charge on any atom is 0.119 e. The Morgan fingerprint density at radius 2 is 1.90 bits per heavy atom. The number of fused-ring (bicyclic) bond motifs is 1. The first-order chi connectivity index (χ1) is 9.85. The zero-order valence-corrected chi connectivity index (χ0v) is 11.6. The molecule has 0 saturated heterocycles. The number of hydrogen-bond donors (Lipinski definition) is 1. The largest absolute Gasteiger partial charge is 0.493 e. The molecule has 2 nitrogen and oxygen atoms in total. The second kappa shape index (κ2) is 5.98. The molecule has 1 fully saturated rings. The summed E-state index contributed by atoms with van der Waals surface area (Å²) in [5, 5.41) is 2.37. The minimum Gasteiger partial charge on any atom is -0.493 e. The number of ether oxygens (including phenoxy) is 1. The van der Waals surface area contributed by atoms with Crippen molar-refractivity contribution in [1.82, 2.24) is 0 Å². The van der Waals surface area contributed by atoms with Gasteiger partial charge in [0.05, 0.1) is 13.2 Å². The van der Waals surface area contributed by atoms with Crippen LogP contribution in [0.4, 0.5) is 0 Å². The van der Waals surface area contributed by atoms with Crippen LogP contribution in [-0.4, -0.2) is 13.2 Å². The third-order valence-corrected chi connectivity index (χ3v) is 3.86. The number of hydrogen-bond acceptors (Lipinski definition) is 2. The highest BCUT2D eigenvalue weighted by Crippen LogP contribution is 2.28. The lowest BCUT2D eigenvalue weighted by molar-refractivity contribution is 0.181. The molecule has 2 aromatic rings. The summed E-state index contributed by atoms with van der Waals surface area (Å²) in [5.41, 5.74) is 6.40. The third-order valence-electron chi connectivity index (χ3n) is 3.86. The maximum absolute atomic E-state index is 5.87. The van der Waals surface area contributed by atoms with Crippen molar-refractivity contribution in [3.05, 3.63) is 42.0 Å². The Labute approximate surface area is 119 Å². The van der Waals surface area contributed by atoms with Crippen LogP contribution in [0.3, 0.4) is 0 Å². The van der Waals surface area contributed by atoms with Crippen LogP contribution < -0.4 is 10.5 Å². The SMILES string of the molecule is NCC#Cc1ccc2cc(OCC3CCC3)ccc2c1. The Bertz CT molecular complexity index is 662. The molecule has 0 atom stereocenters. The van der Waals surface area contributed by atoms with Crippen molar-refractivity contribution in [1.29, 1.82) is 0 Å². The second-order valence-electron chi connectivity index (χ2n) is 5.34. The number of rotatable bonds is 3. The Morgan fingerprint density at radius 3 is 2.65 bits per heavy atom. The molecule has 0 amide bonds. The summed E-state index contributed by atoms with van der Waals surface area (Å²) in [7, 11) is 0. The summed E-state index contributed by atoms with van der Waals surface area (Å²) >= 11 is 0. The molecule has 1 aliphatic rings. The average Bonchev–Trinajstić information content (AvgIpc) is 2.43. The Hall–Kier alpha value is -1.98. The van der Waals surface area contributed by atoms with Gasteiger partial charge in [0.25, 0.3) is 0 Å². The van der Waals surface area contributed by atoms with E-state index in [1.165, 1.54) is 30.0 Å². The minimum atomic E-state index is 0.395. The van der Waals surface area contributed by atoms with Gasteiger partial charge < -0.3 is 10.5 Å². The van der Waals surface area contributed by atoms with Gasteiger partial charge in [0, 0.05) is 5.56 Å². The van der Waals surface area contributed by atoms with Crippen LogP contribution in [0.25, 0.3) is 10.8 Å². The molecule has 102 valence electrons. The van der Waals surface area contributed by atoms with E-state index in [0.717, 1.165) is 23.8 Å². The lowest BCUT2D eigenvalue weighted by Gasteiger charge is -2.25. The molecule has 0 radical (unpaired) electrons. The third kappa shape index (κ3) is 2.95. The van der Waals surface area contributed by atoms with Gasteiger partial charge in [0.1, 0.15) is 5.75 Å². The fourth-order valence-corrected chi connectivity index (χ4v) is 2.42. The van der Waals surface area contributed by atoms with Gasteiger partial charge in [-0.1, -0.05) is 30.4 Å². The van der Waals surface area contributed by atoms with Crippen LogP contribution in [0.1, 0.15) is 24.8 Å². The highest BCUT2D eigenvalue weighted by Gasteiger charge is 2.17. The van der Waals surface area contributed by atoms with E-state index in [1.807, 2.05) is 12.1 Å². The van der Waals surface area contributed by atoms with Crippen LogP contribution in [0.5, 0.6) is 5.75 Å². The van der Waals surface area contributed by atoms with E-state index >= 15 is 0 Å². The standard InChI is InChI=1S/C18H19NO/c19-10-2-5-14-6-7-17-12-18(9-8-16(17)11-14)20-13-15-3-1-4-15/h6-9,11-12,15H,1,3-4,10,13,19H2. The van der Waals surface area contributed by atoms with Gasteiger partial charge in [-0.2, -0.15) is 0 Å². The van der Waals surface area contributed by atoms with Gasteiger partial charge in [-0.15, -0.1) is 0 Å². The van der Waals surface area contributed by atoms with E-state index < -0.39 is 0 Å². The highest BCUT2D eigenvalue weighted by molar-refractivity contribution is 5.85. The second-order valence-corrected chi connectivity index (χ2v) is 5.34. The van der Waals surface area contributed by atoms with Crippen LogP contribution in [0, 0.1) is 17.8 Å². The lowest BCUT2D eigenvalue weighted by Crippen LogP contribution is -2.19. The van der Waals surface area contributed by atoms with Gasteiger partial charge in [0.2, 0.25) is 0 Å². The van der Waals surface area contributed by atoms with Crippen molar-refractivity contribution in [2.45, 2.75) is 19.3 Å². The predicted octanol–water partition coefficient (Wildman–Crippen LogP) is 3.33. The molecule has 20 heavy (non-hydrogen) atoms. The van der Waals surface area contributed by atoms with Gasteiger partial charge >= 0.3 is 0 Å². The Kier molecular flexibility index (Phi) is 3.90. The van der Waals surface area contributed by atoms with Crippen LogP contribution in [0.2, 0.25) is 0 Å². The number of nitrogens with two attached hydrogens (primary N) is 1. The Morgan fingerprint density at radius 1 is 1.10 bits per heavy atom. The van der Waals surface area contributed by atoms with E-state index in [4.69, 9.17) is 10.5 Å². The lowest BCUT2D eigenvalue weighted by atomic mass is 9.86. The summed E-state index contributed by atoms with van der Waals surface area (Å²) in [6.45, 7) is 1.25. The first-order valence-corrected chi connectivity index (χ1v) is 7.21. The fourth-order valence-electron chi connectivity index (χ4n) is 2.42. The molecule has 2 N–H and O–H groups in total. The summed E-state index contributed by atoms with van der Waals surface area (Å²) in [5.74, 6) is 7.67. The van der Waals surface area contributed by atoms with Crippen molar-refractivity contribution in [2.75, 3.05) is 13.2 Å². The number of benzene rings is 2. The average molecular weight is 265 g/mol. The zero-order valence-electron chi connectivity index (χ0n) is 11.6. The van der Waals surface area contributed by atoms with Crippen LogP contribution in [-0.2, 0) is 0 Å². The van der Waals surface area contributed by atoms with E-state index in [0.29, 0.717) is 6.54 Å². The summed E-state index contributed by atoms with van der Waals surface area (Å²) in [6.07, 6.45) is 3.99. The first kappa shape index (κ1) is 13.0. The molecule has 3 rings (SSSR count). The molecule has 0 heterocycles. The molecule has 0 aliphatic heterocycles. The quantitative estimate of drug-likeness (QED) is 0.864. The van der Waals surface area contributed by atoms with Crippen molar-refractivity contribution < 1.29 is 4.74 Å². The van der Waals surface area contributed by atoms with Crippen molar-refractivity contribution in [3.63, 3.8) is 0 Å². The minimum absolute atomic E-state index is 0.395. The van der Waals surface area contributed by atoms with Crippen LogP contribution in [0.15, 0.2) is 36.4 Å². The predicted molar refractivity (Wildman–Crippen MR) is 82.7 cm³/mol. The zero-order chi connectivity index (χ0) is 13.8. The molecule has 2 aromatic carbocycles. The van der Waals surface area contributed by atoms with E-state index in [-0.39, 0.29) is 0 Å². The van der Waals surface area contributed by atoms with Crippen molar-refractivity contribution >= 4 is 10.8 Å². The molecule has 0 unspecified atom stereocenters. The molecule has 0 aromatic heterocycles. The van der Waals surface area contributed by atoms with E-state index in [2.05, 4.69) is 36.1 Å². The van der Waals surface area contributed by atoms with Crippen molar-refractivity contribution in [3.8, 4) is 17.6 Å². The first-order valence-electron chi connectivity index (χ1n) is 7.21. The molecule has 1 saturated carbocycles. The van der Waals surface area contributed by atoms with Gasteiger partial charge in [0.15, 0.2) is 0 Å². The molecule has 2 heteroatoms. The monoisotopic (exact) mass is 265 g/mol. The summed E-state index contributed by atoms with van der Waals surface area (Å²) < 4.78 is 5.87. The van der Waals surface area contributed by atoms with Gasteiger partial charge in [-0.05, 0) is 53.8 Å². The summed E-state index contributed by atoms with van der Waals surface area (Å²) in [6, 6.07) is 12.5. The molecular weight excluding hydrogens is 246 g/mol. The highest BCUT2D eigenvalue weighted by atomic mass is 16.5. The van der Waals surface area contributed by atoms with Crippen molar-refractivity contribution in [2.24, 2.45) is 11.7 Å². The fraction of sp³-hybridized carbons (Fsp3) is 0.333. The normalized spacial score (nSPS) is 14.4. The van der Waals surface area contributed by atoms with E-state index in [1.54, 1.807) is 0 Å². The van der Waals surface area contributed by atoms with Gasteiger partial charge in [-0.3, -0.25) is 0 Å². The van der Waals surface area contributed by atoms with E-state index in [9.17, 15) is 0 Å². The molecular formula is C18H19NO. The van der Waals surface area contributed by atoms with Gasteiger partial charge in [-0.25, -0.2) is 0 Å². The maximum atomic E-state index is 5.87. The molecule has 0 spiro atoms. The topological polar surface area (TPSA) is 35.2 Å².